The van der Waals surface area contributed by atoms with Gasteiger partial charge in [0.15, 0.2) is 0 Å². The van der Waals surface area contributed by atoms with E-state index in [1.807, 2.05) is 54.7 Å². The molecule has 3 rings (SSSR count). The van der Waals surface area contributed by atoms with E-state index in [0.29, 0.717) is 13.1 Å². The van der Waals surface area contributed by atoms with Crippen molar-refractivity contribution in [2.75, 3.05) is 26.7 Å². The van der Waals surface area contributed by atoms with Crippen molar-refractivity contribution in [2.45, 2.75) is 25.3 Å². The summed E-state index contributed by atoms with van der Waals surface area (Å²) in [5.41, 5.74) is 1.96. The molecule has 1 fully saturated rings. The molecule has 1 unspecified atom stereocenters. The third-order valence-corrected chi connectivity index (χ3v) is 6.55. The van der Waals surface area contributed by atoms with Gasteiger partial charge in [-0.2, -0.15) is 4.31 Å². The highest BCUT2D eigenvalue weighted by Crippen LogP contribution is 2.19. The molecule has 1 aliphatic rings. The molecular weight excluding hydrogens is 358 g/mol. The van der Waals surface area contributed by atoms with Gasteiger partial charge < -0.3 is 4.90 Å². The predicted octanol–water partition coefficient (Wildman–Crippen LogP) is 3.02. The van der Waals surface area contributed by atoms with E-state index in [1.54, 1.807) is 10.4 Å². The largest absolute Gasteiger partial charge is 0.302 e. The van der Waals surface area contributed by atoms with Crippen molar-refractivity contribution in [1.82, 2.24) is 14.2 Å². The molecule has 1 atom stereocenters. The first-order valence-corrected chi connectivity index (χ1v) is 10.9. The number of hydrogen-bond donors (Lipinski definition) is 0. The van der Waals surface area contributed by atoms with Crippen LogP contribution in [0.25, 0.3) is 6.08 Å². The van der Waals surface area contributed by atoms with Crippen LogP contribution < -0.4 is 0 Å². The van der Waals surface area contributed by atoms with Gasteiger partial charge in [0.2, 0.25) is 10.0 Å². The monoisotopic (exact) mass is 385 g/mol. The van der Waals surface area contributed by atoms with Crippen molar-refractivity contribution in [3.8, 4) is 0 Å². The van der Waals surface area contributed by atoms with Crippen LogP contribution in [0.3, 0.4) is 0 Å². The van der Waals surface area contributed by atoms with Crippen molar-refractivity contribution in [3.63, 3.8) is 0 Å². The molecular formula is C21H27N3O2S. The second-order valence-corrected chi connectivity index (χ2v) is 8.78. The molecule has 1 saturated heterocycles. The highest BCUT2D eigenvalue weighted by atomic mass is 32.2. The zero-order valence-corrected chi connectivity index (χ0v) is 16.6. The second-order valence-electron chi connectivity index (χ2n) is 6.96. The van der Waals surface area contributed by atoms with Crippen LogP contribution in [0.1, 0.15) is 24.1 Å². The van der Waals surface area contributed by atoms with E-state index in [2.05, 4.69) is 16.9 Å². The van der Waals surface area contributed by atoms with Crippen LogP contribution in [0.2, 0.25) is 0 Å². The van der Waals surface area contributed by atoms with E-state index in [-0.39, 0.29) is 6.04 Å². The van der Waals surface area contributed by atoms with Crippen molar-refractivity contribution in [3.05, 3.63) is 71.4 Å². The molecule has 1 aromatic heterocycles. The molecule has 0 N–H and O–H groups in total. The summed E-state index contributed by atoms with van der Waals surface area (Å²) in [5, 5.41) is 1.33. The van der Waals surface area contributed by atoms with E-state index in [0.717, 1.165) is 37.1 Å². The lowest BCUT2D eigenvalue weighted by atomic mass is 10.1. The van der Waals surface area contributed by atoms with Gasteiger partial charge in [0.1, 0.15) is 0 Å². The molecule has 0 amide bonds. The normalized spacial score (nSPS) is 19.0. The minimum Gasteiger partial charge on any atom is -0.302 e. The van der Waals surface area contributed by atoms with Gasteiger partial charge in [-0.1, -0.05) is 36.4 Å². The summed E-state index contributed by atoms with van der Waals surface area (Å²) in [5.74, 6) is 0. The SMILES string of the molecule is CN(CCc1ccccn1)C1CCCN(S(=O)(=O)C=Cc2ccccc2)C1. The maximum atomic E-state index is 12.7. The minimum absolute atomic E-state index is 0.238. The van der Waals surface area contributed by atoms with E-state index < -0.39 is 10.0 Å². The molecule has 1 aromatic carbocycles. The Morgan fingerprint density at radius 3 is 2.70 bits per heavy atom. The van der Waals surface area contributed by atoms with Crippen LogP contribution in [0.4, 0.5) is 0 Å². The molecule has 0 spiro atoms. The highest BCUT2D eigenvalue weighted by molar-refractivity contribution is 7.92. The number of benzene rings is 1. The topological polar surface area (TPSA) is 53.5 Å². The Bertz CT molecular complexity index is 838. The van der Waals surface area contributed by atoms with E-state index in [9.17, 15) is 8.42 Å². The summed E-state index contributed by atoms with van der Waals surface area (Å²) in [6.07, 6.45) is 6.26. The summed E-state index contributed by atoms with van der Waals surface area (Å²) >= 11 is 0. The molecule has 0 aliphatic carbocycles. The van der Waals surface area contributed by atoms with Crippen molar-refractivity contribution in [1.29, 1.82) is 0 Å². The molecule has 0 saturated carbocycles. The summed E-state index contributed by atoms with van der Waals surface area (Å²) < 4.78 is 27.0. The minimum atomic E-state index is -3.40. The molecule has 0 radical (unpaired) electrons. The number of rotatable bonds is 7. The number of hydrogen-bond acceptors (Lipinski definition) is 4. The average molecular weight is 386 g/mol. The molecule has 2 aromatic rings. The van der Waals surface area contributed by atoms with Crippen molar-refractivity contribution in [2.24, 2.45) is 0 Å². The molecule has 5 nitrogen and oxygen atoms in total. The van der Waals surface area contributed by atoms with Crippen LogP contribution in [0.15, 0.2) is 60.1 Å². The number of pyridine rings is 1. The zero-order valence-electron chi connectivity index (χ0n) is 15.7. The van der Waals surface area contributed by atoms with Crippen LogP contribution in [0, 0.1) is 0 Å². The third-order valence-electron chi connectivity index (χ3n) is 5.02. The third kappa shape index (κ3) is 5.73. The lowest BCUT2D eigenvalue weighted by Gasteiger charge is -2.36. The Balaban J connectivity index is 1.58. The fraction of sp³-hybridized carbons (Fsp3) is 0.381. The van der Waals surface area contributed by atoms with Gasteiger partial charge in [0, 0.05) is 49.4 Å². The Kier molecular flexibility index (Phi) is 6.77. The van der Waals surface area contributed by atoms with E-state index in [4.69, 9.17) is 0 Å². The maximum absolute atomic E-state index is 12.7. The summed E-state index contributed by atoms with van der Waals surface area (Å²) in [7, 11) is -1.33. The molecule has 1 aliphatic heterocycles. The van der Waals surface area contributed by atoms with Crippen LogP contribution in [0.5, 0.6) is 0 Å². The fourth-order valence-corrected chi connectivity index (χ4v) is 4.61. The summed E-state index contributed by atoms with van der Waals surface area (Å²) in [4.78, 5) is 6.62. The Morgan fingerprint density at radius 1 is 1.19 bits per heavy atom. The highest BCUT2D eigenvalue weighted by Gasteiger charge is 2.29. The molecule has 2 heterocycles. The number of piperidine rings is 1. The molecule has 144 valence electrons. The summed E-state index contributed by atoms with van der Waals surface area (Å²) in [6, 6.07) is 15.7. The number of aromatic nitrogens is 1. The Hall–Kier alpha value is -2.02. The van der Waals surface area contributed by atoms with Gasteiger partial charge in [0.05, 0.1) is 0 Å². The zero-order chi connectivity index (χ0) is 19.1. The standard InChI is InChI=1S/C21H27N3O2S/c1-23(16-12-20-10-5-6-14-22-20)21-11-7-15-24(18-21)27(25,26)17-13-19-8-3-2-4-9-19/h2-6,8-10,13-14,17,21H,7,11-12,15-16,18H2,1H3. The maximum Gasteiger partial charge on any atom is 0.236 e. The van der Waals surface area contributed by atoms with E-state index >= 15 is 0 Å². The van der Waals surface area contributed by atoms with Crippen molar-refractivity contribution >= 4 is 16.1 Å². The lowest BCUT2D eigenvalue weighted by Crippen LogP contribution is -2.48. The number of nitrogens with zero attached hydrogens (tertiary/aromatic N) is 3. The van der Waals surface area contributed by atoms with Gasteiger partial charge >= 0.3 is 0 Å². The van der Waals surface area contributed by atoms with Crippen LogP contribution >= 0.6 is 0 Å². The van der Waals surface area contributed by atoms with Gasteiger partial charge in [0.25, 0.3) is 0 Å². The van der Waals surface area contributed by atoms with Crippen LogP contribution in [-0.2, 0) is 16.4 Å². The van der Waals surface area contributed by atoms with Gasteiger partial charge in [-0.25, -0.2) is 8.42 Å². The van der Waals surface area contributed by atoms with E-state index in [1.165, 1.54) is 5.41 Å². The summed E-state index contributed by atoms with van der Waals surface area (Å²) in [6.45, 7) is 2.00. The van der Waals surface area contributed by atoms with Crippen LogP contribution in [-0.4, -0.2) is 55.3 Å². The molecule has 6 heteroatoms. The molecule has 0 bridgehead atoms. The smallest absolute Gasteiger partial charge is 0.236 e. The van der Waals surface area contributed by atoms with Gasteiger partial charge in [-0.3, -0.25) is 4.98 Å². The molecule has 27 heavy (non-hydrogen) atoms. The second kappa shape index (κ2) is 9.26. The van der Waals surface area contributed by atoms with Gasteiger partial charge in [-0.05, 0) is 43.7 Å². The first-order valence-electron chi connectivity index (χ1n) is 9.38. The number of sulfonamides is 1. The Labute approximate surface area is 162 Å². The predicted molar refractivity (Wildman–Crippen MR) is 110 cm³/mol. The average Bonchev–Trinajstić information content (AvgIpc) is 2.72. The van der Waals surface area contributed by atoms with Gasteiger partial charge in [-0.15, -0.1) is 0 Å². The van der Waals surface area contributed by atoms with Crippen molar-refractivity contribution < 1.29 is 8.42 Å². The quantitative estimate of drug-likeness (QED) is 0.735. The fourth-order valence-electron chi connectivity index (χ4n) is 3.35. The Morgan fingerprint density at radius 2 is 1.96 bits per heavy atom. The first-order chi connectivity index (χ1) is 13.0. The lowest BCUT2D eigenvalue weighted by molar-refractivity contribution is 0.165. The number of likely N-dealkylation sites (N-methyl/N-ethyl adjacent to an activating group) is 1. The first kappa shape index (κ1) is 19.7.